The summed E-state index contributed by atoms with van der Waals surface area (Å²) >= 11 is 0. The monoisotopic (exact) mass is 204 g/mol. The summed E-state index contributed by atoms with van der Waals surface area (Å²) in [4.78, 5) is 7.61. The predicted octanol–water partition coefficient (Wildman–Crippen LogP) is 1.77. The SMILES string of the molecule is OCc1cc(F)nc(-c2ccncc2)c1. The number of aromatic nitrogens is 2. The second-order valence-electron chi connectivity index (χ2n) is 3.08. The Morgan fingerprint density at radius 1 is 1.20 bits per heavy atom. The number of aliphatic hydroxyl groups is 1. The van der Waals surface area contributed by atoms with Crippen LogP contribution >= 0.6 is 0 Å². The quantitative estimate of drug-likeness (QED) is 0.758. The highest BCUT2D eigenvalue weighted by Gasteiger charge is 2.03. The lowest BCUT2D eigenvalue weighted by Crippen LogP contribution is -1.93. The summed E-state index contributed by atoms with van der Waals surface area (Å²) in [5.74, 6) is -0.589. The Hall–Kier alpha value is -1.81. The molecule has 0 aliphatic carbocycles. The zero-order valence-corrected chi connectivity index (χ0v) is 7.89. The van der Waals surface area contributed by atoms with Crippen molar-refractivity contribution in [3.63, 3.8) is 0 Å². The van der Waals surface area contributed by atoms with Gasteiger partial charge >= 0.3 is 0 Å². The summed E-state index contributed by atoms with van der Waals surface area (Å²) in [7, 11) is 0. The molecule has 2 aromatic heterocycles. The van der Waals surface area contributed by atoms with Crippen LogP contribution < -0.4 is 0 Å². The first-order valence-electron chi connectivity index (χ1n) is 4.47. The normalized spacial score (nSPS) is 10.3. The zero-order chi connectivity index (χ0) is 10.7. The number of halogens is 1. The van der Waals surface area contributed by atoms with Crippen LogP contribution in [0.2, 0.25) is 0 Å². The predicted molar refractivity (Wildman–Crippen MR) is 53.3 cm³/mol. The molecule has 0 aliphatic heterocycles. The molecule has 3 nitrogen and oxygen atoms in total. The van der Waals surface area contributed by atoms with Crippen molar-refractivity contribution < 1.29 is 9.50 Å². The van der Waals surface area contributed by atoms with Crippen molar-refractivity contribution in [3.8, 4) is 11.3 Å². The first-order chi connectivity index (χ1) is 7.29. The molecule has 76 valence electrons. The molecular formula is C11H9FN2O. The molecule has 2 heterocycles. The van der Waals surface area contributed by atoms with Gasteiger partial charge in [0.2, 0.25) is 5.95 Å². The molecule has 2 rings (SSSR count). The van der Waals surface area contributed by atoms with E-state index < -0.39 is 5.95 Å². The van der Waals surface area contributed by atoms with Crippen LogP contribution in [0.3, 0.4) is 0 Å². The molecule has 15 heavy (non-hydrogen) atoms. The Labute approximate surface area is 86.3 Å². The summed E-state index contributed by atoms with van der Waals surface area (Å²) < 4.78 is 13.1. The van der Waals surface area contributed by atoms with E-state index in [1.165, 1.54) is 6.07 Å². The standard InChI is InChI=1S/C11H9FN2O/c12-11-6-8(7-15)5-10(14-11)9-1-3-13-4-2-9/h1-6,15H,7H2. The average Bonchev–Trinajstić information content (AvgIpc) is 2.29. The van der Waals surface area contributed by atoms with Gasteiger partial charge in [0.05, 0.1) is 12.3 Å². The fourth-order valence-electron chi connectivity index (χ4n) is 1.31. The minimum atomic E-state index is -0.589. The largest absolute Gasteiger partial charge is 0.392 e. The number of hydrogen-bond donors (Lipinski definition) is 1. The van der Waals surface area contributed by atoms with Crippen LogP contribution in [0.1, 0.15) is 5.56 Å². The van der Waals surface area contributed by atoms with Crippen molar-refractivity contribution in [2.45, 2.75) is 6.61 Å². The first-order valence-corrected chi connectivity index (χ1v) is 4.47. The minimum absolute atomic E-state index is 0.197. The topological polar surface area (TPSA) is 46.0 Å². The number of nitrogens with zero attached hydrogens (tertiary/aromatic N) is 2. The first kappa shape index (κ1) is 9.73. The van der Waals surface area contributed by atoms with Crippen molar-refractivity contribution in [2.24, 2.45) is 0 Å². The Morgan fingerprint density at radius 3 is 2.60 bits per heavy atom. The molecule has 0 aromatic carbocycles. The van der Waals surface area contributed by atoms with Gasteiger partial charge in [0.1, 0.15) is 0 Å². The van der Waals surface area contributed by atoms with Gasteiger partial charge in [0.15, 0.2) is 0 Å². The van der Waals surface area contributed by atoms with E-state index in [1.54, 1.807) is 30.6 Å². The third-order valence-corrected chi connectivity index (χ3v) is 2.01. The maximum atomic E-state index is 13.1. The lowest BCUT2D eigenvalue weighted by Gasteiger charge is -2.02. The lowest BCUT2D eigenvalue weighted by atomic mass is 10.1. The van der Waals surface area contributed by atoms with Gasteiger partial charge in [-0.2, -0.15) is 4.39 Å². The highest BCUT2D eigenvalue weighted by molar-refractivity contribution is 5.58. The molecule has 2 aromatic rings. The summed E-state index contributed by atoms with van der Waals surface area (Å²) in [6.45, 7) is -0.197. The second kappa shape index (κ2) is 4.14. The molecule has 1 N–H and O–H groups in total. The number of rotatable bonds is 2. The van der Waals surface area contributed by atoms with E-state index in [0.29, 0.717) is 11.3 Å². The zero-order valence-electron chi connectivity index (χ0n) is 7.89. The molecule has 4 heteroatoms. The van der Waals surface area contributed by atoms with Crippen LogP contribution in [0.5, 0.6) is 0 Å². The third-order valence-electron chi connectivity index (χ3n) is 2.01. The summed E-state index contributed by atoms with van der Waals surface area (Å²) in [5, 5.41) is 8.93. The van der Waals surface area contributed by atoms with Crippen molar-refractivity contribution in [2.75, 3.05) is 0 Å². The molecule has 0 saturated heterocycles. The molecular weight excluding hydrogens is 195 g/mol. The molecule has 0 fully saturated rings. The number of hydrogen-bond acceptors (Lipinski definition) is 3. The molecule has 0 radical (unpaired) electrons. The van der Waals surface area contributed by atoms with Crippen LogP contribution in [-0.4, -0.2) is 15.1 Å². The van der Waals surface area contributed by atoms with Crippen LogP contribution in [0, 0.1) is 5.95 Å². The van der Waals surface area contributed by atoms with E-state index in [9.17, 15) is 4.39 Å². The summed E-state index contributed by atoms with van der Waals surface area (Å²) in [5.41, 5.74) is 1.79. The van der Waals surface area contributed by atoms with E-state index in [1.807, 2.05) is 0 Å². The van der Waals surface area contributed by atoms with Gasteiger partial charge in [-0.15, -0.1) is 0 Å². The van der Waals surface area contributed by atoms with Crippen molar-refractivity contribution in [3.05, 3.63) is 48.2 Å². The highest BCUT2D eigenvalue weighted by atomic mass is 19.1. The fourth-order valence-corrected chi connectivity index (χ4v) is 1.31. The number of pyridine rings is 2. The summed E-state index contributed by atoms with van der Waals surface area (Å²) in [6, 6.07) is 6.34. The molecule has 0 atom stereocenters. The Kier molecular flexibility index (Phi) is 2.69. The van der Waals surface area contributed by atoms with Gasteiger partial charge in [0.25, 0.3) is 0 Å². The Balaban J connectivity index is 2.49. The van der Waals surface area contributed by atoms with E-state index >= 15 is 0 Å². The van der Waals surface area contributed by atoms with Crippen molar-refractivity contribution >= 4 is 0 Å². The number of aliphatic hydroxyl groups excluding tert-OH is 1. The van der Waals surface area contributed by atoms with Crippen molar-refractivity contribution in [1.82, 2.24) is 9.97 Å². The average molecular weight is 204 g/mol. The maximum Gasteiger partial charge on any atom is 0.213 e. The van der Waals surface area contributed by atoms with Crippen LogP contribution in [0.25, 0.3) is 11.3 Å². The Bertz CT molecular complexity index is 459. The van der Waals surface area contributed by atoms with Crippen LogP contribution in [0.4, 0.5) is 4.39 Å². The van der Waals surface area contributed by atoms with Gasteiger partial charge in [-0.25, -0.2) is 4.98 Å². The molecule has 0 amide bonds. The Morgan fingerprint density at radius 2 is 1.93 bits per heavy atom. The molecule has 0 bridgehead atoms. The van der Waals surface area contributed by atoms with Gasteiger partial charge in [0, 0.05) is 18.0 Å². The minimum Gasteiger partial charge on any atom is -0.392 e. The molecule has 0 spiro atoms. The molecule has 0 unspecified atom stereocenters. The van der Waals surface area contributed by atoms with E-state index in [-0.39, 0.29) is 6.61 Å². The highest BCUT2D eigenvalue weighted by Crippen LogP contribution is 2.17. The fraction of sp³-hybridized carbons (Fsp3) is 0.0909. The smallest absolute Gasteiger partial charge is 0.213 e. The lowest BCUT2D eigenvalue weighted by molar-refractivity contribution is 0.281. The molecule has 0 saturated carbocycles. The van der Waals surface area contributed by atoms with E-state index in [4.69, 9.17) is 5.11 Å². The van der Waals surface area contributed by atoms with Gasteiger partial charge in [-0.1, -0.05) is 0 Å². The van der Waals surface area contributed by atoms with Crippen molar-refractivity contribution in [1.29, 1.82) is 0 Å². The summed E-state index contributed by atoms with van der Waals surface area (Å²) in [6.07, 6.45) is 3.22. The van der Waals surface area contributed by atoms with Crippen LogP contribution in [-0.2, 0) is 6.61 Å². The van der Waals surface area contributed by atoms with Gasteiger partial charge in [-0.05, 0) is 29.8 Å². The third kappa shape index (κ3) is 2.16. The van der Waals surface area contributed by atoms with Crippen LogP contribution in [0.15, 0.2) is 36.7 Å². The van der Waals surface area contributed by atoms with E-state index in [0.717, 1.165) is 5.56 Å². The van der Waals surface area contributed by atoms with Gasteiger partial charge in [-0.3, -0.25) is 4.98 Å². The van der Waals surface area contributed by atoms with E-state index in [2.05, 4.69) is 9.97 Å². The van der Waals surface area contributed by atoms with Gasteiger partial charge < -0.3 is 5.11 Å². The molecule has 0 aliphatic rings. The maximum absolute atomic E-state index is 13.1. The second-order valence-corrected chi connectivity index (χ2v) is 3.08.